The number of fused-ring (bicyclic) bond motifs is 3. The predicted octanol–water partition coefficient (Wildman–Crippen LogP) is 4.65. The van der Waals surface area contributed by atoms with Crippen LogP contribution in [0.2, 0.25) is 5.02 Å². The van der Waals surface area contributed by atoms with Crippen molar-refractivity contribution < 1.29 is 4.52 Å². The number of nitrogens with zero attached hydrogens (tertiary/aromatic N) is 4. The van der Waals surface area contributed by atoms with Gasteiger partial charge in [-0.05, 0) is 55.5 Å². The van der Waals surface area contributed by atoms with Gasteiger partial charge in [0.15, 0.2) is 11.5 Å². The fourth-order valence-corrected chi connectivity index (χ4v) is 5.78. The highest BCUT2D eigenvalue weighted by atomic mass is 35.5. The first kappa shape index (κ1) is 17.9. The number of benzene rings is 1. The van der Waals surface area contributed by atoms with Crippen molar-refractivity contribution in [3.8, 4) is 5.69 Å². The van der Waals surface area contributed by atoms with Crippen molar-refractivity contribution in [3.63, 3.8) is 0 Å². The van der Waals surface area contributed by atoms with Crippen LogP contribution < -0.4 is 5.56 Å². The Hall–Kier alpha value is -2.16. The van der Waals surface area contributed by atoms with Crippen LogP contribution in [0.5, 0.6) is 0 Å². The summed E-state index contributed by atoms with van der Waals surface area (Å²) >= 11 is 9.10. The van der Waals surface area contributed by atoms with E-state index in [9.17, 15) is 4.79 Å². The van der Waals surface area contributed by atoms with Gasteiger partial charge in [0.1, 0.15) is 4.83 Å². The first-order valence-electron chi connectivity index (χ1n) is 8.92. The van der Waals surface area contributed by atoms with Crippen LogP contribution >= 0.6 is 34.7 Å². The lowest BCUT2D eigenvalue weighted by Gasteiger charge is -2.13. The highest BCUT2D eigenvalue weighted by molar-refractivity contribution is 7.98. The highest BCUT2D eigenvalue weighted by Crippen LogP contribution is 2.35. The molecule has 0 radical (unpaired) electrons. The summed E-state index contributed by atoms with van der Waals surface area (Å²) in [6.45, 7) is 0. The normalized spacial score (nSPS) is 13.8. The van der Waals surface area contributed by atoms with Crippen LogP contribution in [0.3, 0.4) is 0 Å². The maximum Gasteiger partial charge on any atom is 0.267 e. The van der Waals surface area contributed by atoms with Crippen molar-refractivity contribution in [2.24, 2.45) is 0 Å². The molecule has 4 aromatic rings. The fraction of sp³-hybridized carbons (Fsp3) is 0.263. The number of hydrogen-bond donors (Lipinski definition) is 0. The van der Waals surface area contributed by atoms with Gasteiger partial charge in [-0.3, -0.25) is 9.36 Å². The van der Waals surface area contributed by atoms with Crippen LogP contribution in [0.15, 0.2) is 45.1 Å². The Morgan fingerprint density at radius 2 is 2.04 bits per heavy atom. The molecule has 1 aliphatic rings. The van der Waals surface area contributed by atoms with Gasteiger partial charge in [0.25, 0.3) is 5.56 Å². The van der Waals surface area contributed by atoms with E-state index in [0.29, 0.717) is 21.8 Å². The summed E-state index contributed by atoms with van der Waals surface area (Å²) in [5.74, 6) is 0.934. The molecule has 5 rings (SSSR count). The van der Waals surface area contributed by atoms with Crippen molar-refractivity contribution in [2.45, 2.75) is 36.6 Å². The summed E-state index contributed by atoms with van der Waals surface area (Å²) in [7, 11) is 0. The van der Waals surface area contributed by atoms with Gasteiger partial charge < -0.3 is 4.52 Å². The second-order valence-electron chi connectivity index (χ2n) is 6.53. The van der Waals surface area contributed by atoms with E-state index < -0.39 is 0 Å². The lowest BCUT2D eigenvalue weighted by Crippen LogP contribution is -2.22. The Labute approximate surface area is 173 Å². The maximum absolute atomic E-state index is 13.6. The van der Waals surface area contributed by atoms with Crippen LogP contribution in [0, 0.1) is 0 Å². The number of thiophene rings is 1. The molecule has 6 nitrogen and oxygen atoms in total. The third-order valence-corrected chi connectivity index (χ3v) is 7.14. The van der Waals surface area contributed by atoms with Gasteiger partial charge >= 0.3 is 0 Å². The van der Waals surface area contributed by atoms with Crippen molar-refractivity contribution in [1.29, 1.82) is 0 Å². The summed E-state index contributed by atoms with van der Waals surface area (Å²) in [5, 5.41) is 5.63. The Morgan fingerprint density at radius 1 is 1.21 bits per heavy atom. The number of aryl methyl sites for hydroxylation is 2. The van der Waals surface area contributed by atoms with Crippen LogP contribution in [0.1, 0.15) is 29.2 Å². The van der Waals surface area contributed by atoms with Crippen molar-refractivity contribution in [2.75, 3.05) is 0 Å². The van der Waals surface area contributed by atoms with Crippen molar-refractivity contribution >= 4 is 44.9 Å². The number of hydrogen-bond acceptors (Lipinski definition) is 7. The van der Waals surface area contributed by atoms with Gasteiger partial charge in [-0.15, -0.1) is 11.3 Å². The van der Waals surface area contributed by atoms with E-state index in [1.165, 1.54) is 35.0 Å². The molecular weight excluding hydrogens is 416 g/mol. The first-order valence-corrected chi connectivity index (χ1v) is 11.1. The molecule has 0 saturated carbocycles. The molecule has 0 atom stereocenters. The molecule has 28 heavy (non-hydrogen) atoms. The SMILES string of the molecule is O=c1c2c3c(sc2nc(SCc2ncno2)n1-c1ccc(Cl)cc1)CCCC3. The van der Waals surface area contributed by atoms with Crippen molar-refractivity contribution in [1.82, 2.24) is 19.7 Å². The van der Waals surface area contributed by atoms with Crippen LogP contribution in [-0.4, -0.2) is 19.7 Å². The predicted molar refractivity (Wildman–Crippen MR) is 111 cm³/mol. The lowest BCUT2D eigenvalue weighted by molar-refractivity contribution is 0.390. The number of thioether (sulfide) groups is 1. The summed E-state index contributed by atoms with van der Waals surface area (Å²) in [4.78, 5) is 24.6. The van der Waals surface area contributed by atoms with Gasteiger partial charge in [0.2, 0.25) is 5.89 Å². The largest absolute Gasteiger partial charge is 0.339 e. The van der Waals surface area contributed by atoms with Gasteiger partial charge in [-0.2, -0.15) is 4.98 Å². The number of halogens is 1. The minimum atomic E-state index is -0.0280. The molecule has 9 heteroatoms. The average Bonchev–Trinajstić information content (AvgIpc) is 3.35. The smallest absolute Gasteiger partial charge is 0.267 e. The van der Waals surface area contributed by atoms with Crippen LogP contribution in [0.4, 0.5) is 0 Å². The Balaban J connectivity index is 1.70. The molecule has 0 saturated heterocycles. The van der Waals surface area contributed by atoms with Crippen molar-refractivity contribution in [3.05, 3.63) is 62.3 Å². The van der Waals surface area contributed by atoms with E-state index in [4.69, 9.17) is 21.1 Å². The highest BCUT2D eigenvalue weighted by Gasteiger charge is 2.23. The minimum Gasteiger partial charge on any atom is -0.339 e. The second kappa shape index (κ2) is 7.35. The number of rotatable bonds is 4. The third-order valence-electron chi connectivity index (χ3n) is 4.77. The summed E-state index contributed by atoms with van der Waals surface area (Å²) in [6, 6.07) is 7.24. The number of aromatic nitrogens is 4. The second-order valence-corrected chi connectivity index (χ2v) is 8.99. The van der Waals surface area contributed by atoms with E-state index in [0.717, 1.165) is 35.2 Å². The Kier molecular flexibility index (Phi) is 4.70. The monoisotopic (exact) mass is 430 g/mol. The lowest BCUT2D eigenvalue weighted by atomic mass is 9.97. The maximum atomic E-state index is 13.6. The summed E-state index contributed by atoms with van der Waals surface area (Å²) in [6.07, 6.45) is 5.63. The zero-order chi connectivity index (χ0) is 19.1. The van der Waals surface area contributed by atoms with E-state index in [-0.39, 0.29) is 5.56 Å². The Bertz CT molecular complexity index is 1200. The zero-order valence-corrected chi connectivity index (χ0v) is 17.1. The molecule has 0 fully saturated rings. The molecule has 0 bridgehead atoms. The molecule has 0 unspecified atom stereocenters. The molecule has 3 heterocycles. The molecule has 1 aliphatic carbocycles. The zero-order valence-electron chi connectivity index (χ0n) is 14.7. The fourth-order valence-electron chi connectivity index (χ4n) is 3.49. The molecular formula is C19H15ClN4O2S2. The molecule has 3 aromatic heterocycles. The topological polar surface area (TPSA) is 73.8 Å². The van der Waals surface area contributed by atoms with E-state index >= 15 is 0 Å². The molecule has 0 N–H and O–H groups in total. The molecule has 142 valence electrons. The van der Waals surface area contributed by atoms with Crippen LogP contribution in [0.25, 0.3) is 15.9 Å². The summed E-state index contributed by atoms with van der Waals surface area (Å²) < 4.78 is 6.76. The third kappa shape index (κ3) is 3.15. The standard InChI is InChI=1S/C19H15ClN4O2S2/c20-11-5-7-12(8-6-11)24-18(25)16-13-3-1-2-4-14(13)28-17(16)23-19(24)27-9-15-21-10-22-26-15/h5-8,10H,1-4,9H2. The molecule has 1 aromatic carbocycles. The van der Waals surface area contributed by atoms with E-state index in [2.05, 4.69) is 10.1 Å². The van der Waals surface area contributed by atoms with E-state index in [1.54, 1.807) is 28.0 Å². The van der Waals surface area contributed by atoms with Crippen LogP contribution in [-0.2, 0) is 18.6 Å². The van der Waals surface area contributed by atoms with Gasteiger partial charge in [-0.25, -0.2) is 4.98 Å². The van der Waals surface area contributed by atoms with Gasteiger partial charge in [0, 0.05) is 9.90 Å². The average molecular weight is 431 g/mol. The minimum absolute atomic E-state index is 0.0280. The molecule has 0 amide bonds. The van der Waals surface area contributed by atoms with Gasteiger partial charge in [0.05, 0.1) is 16.8 Å². The van der Waals surface area contributed by atoms with E-state index in [1.807, 2.05) is 12.1 Å². The van der Waals surface area contributed by atoms with Gasteiger partial charge in [-0.1, -0.05) is 28.5 Å². The Morgan fingerprint density at radius 3 is 2.82 bits per heavy atom. The molecule has 0 spiro atoms. The quantitative estimate of drug-likeness (QED) is 0.346. The molecule has 0 aliphatic heterocycles. The first-order chi connectivity index (χ1) is 13.7. The summed E-state index contributed by atoms with van der Waals surface area (Å²) in [5.41, 5.74) is 1.90.